The summed E-state index contributed by atoms with van der Waals surface area (Å²) < 4.78 is 26.0. The van der Waals surface area contributed by atoms with Gasteiger partial charge in [0.05, 0.1) is 10.1 Å². The van der Waals surface area contributed by atoms with E-state index in [1.54, 1.807) is 17.7 Å². The van der Waals surface area contributed by atoms with E-state index in [0.717, 1.165) is 24.7 Å². The molecule has 3 saturated carbocycles. The molecule has 0 aliphatic heterocycles. The summed E-state index contributed by atoms with van der Waals surface area (Å²) in [7, 11) is -3.17. The van der Waals surface area contributed by atoms with Crippen LogP contribution in [0, 0.1) is 23.2 Å². The minimum Gasteiger partial charge on any atom is -0.223 e. The first-order valence-corrected chi connectivity index (χ1v) is 9.67. The van der Waals surface area contributed by atoms with Crippen LogP contribution in [-0.2, 0) is 9.84 Å². The van der Waals surface area contributed by atoms with E-state index in [-0.39, 0.29) is 16.6 Å². The Morgan fingerprint density at radius 1 is 1.05 bits per heavy atom. The van der Waals surface area contributed by atoms with Crippen molar-refractivity contribution >= 4 is 9.84 Å². The van der Waals surface area contributed by atoms with Crippen LogP contribution in [0.25, 0.3) is 0 Å². The molecule has 21 heavy (non-hydrogen) atoms. The van der Waals surface area contributed by atoms with Crippen LogP contribution in [0.15, 0.2) is 46.9 Å². The summed E-state index contributed by atoms with van der Waals surface area (Å²) in [5.74, 6) is 1.84. The third kappa shape index (κ3) is 1.41. The molecule has 0 N–H and O–H groups in total. The van der Waals surface area contributed by atoms with Crippen LogP contribution < -0.4 is 0 Å². The first-order valence-electron chi connectivity index (χ1n) is 8.12. The minimum absolute atomic E-state index is 0.178. The molecule has 5 atom stereocenters. The fourth-order valence-corrected chi connectivity index (χ4v) is 7.98. The van der Waals surface area contributed by atoms with E-state index >= 15 is 0 Å². The van der Waals surface area contributed by atoms with Gasteiger partial charge in [-0.05, 0) is 67.4 Å². The summed E-state index contributed by atoms with van der Waals surface area (Å²) in [4.78, 5) is 0.511. The molecule has 0 aromatic heterocycles. The van der Waals surface area contributed by atoms with Gasteiger partial charge < -0.3 is 0 Å². The average molecular weight is 300 g/mol. The van der Waals surface area contributed by atoms with Crippen LogP contribution >= 0.6 is 0 Å². The maximum atomic E-state index is 13.0. The van der Waals surface area contributed by atoms with Crippen LogP contribution in [0.1, 0.15) is 32.1 Å². The van der Waals surface area contributed by atoms with Crippen LogP contribution in [0.2, 0.25) is 0 Å². The third-order valence-corrected chi connectivity index (χ3v) is 8.98. The number of hydrogen-bond donors (Lipinski definition) is 0. The number of rotatable bonds is 2. The number of sulfone groups is 1. The monoisotopic (exact) mass is 300 g/mol. The topological polar surface area (TPSA) is 34.1 Å². The molecular weight excluding hydrogens is 280 g/mol. The van der Waals surface area contributed by atoms with E-state index in [2.05, 4.69) is 6.08 Å². The molecule has 1 aromatic carbocycles. The van der Waals surface area contributed by atoms with Crippen molar-refractivity contribution in [3.8, 4) is 0 Å². The highest BCUT2D eigenvalue weighted by Gasteiger charge is 2.64. The molecule has 2 nitrogen and oxygen atoms in total. The molecule has 3 fully saturated rings. The molecule has 4 aliphatic rings. The summed E-state index contributed by atoms with van der Waals surface area (Å²) in [6.45, 7) is 0. The lowest BCUT2D eigenvalue weighted by molar-refractivity contribution is 0.243. The molecule has 5 unspecified atom stereocenters. The second-order valence-corrected chi connectivity index (χ2v) is 9.62. The van der Waals surface area contributed by atoms with E-state index in [4.69, 9.17) is 0 Å². The third-order valence-electron chi connectivity index (χ3n) is 6.74. The summed E-state index contributed by atoms with van der Waals surface area (Å²) in [5.41, 5.74) is 1.93. The smallest absolute Gasteiger partial charge is 0.181 e. The van der Waals surface area contributed by atoms with E-state index < -0.39 is 9.84 Å². The van der Waals surface area contributed by atoms with E-state index in [0.29, 0.717) is 4.90 Å². The highest BCUT2D eigenvalue weighted by molar-refractivity contribution is 7.92. The van der Waals surface area contributed by atoms with Gasteiger partial charge in [-0.15, -0.1) is 0 Å². The number of benzene rings is 1. The van der Waals surface area contributed by atoms with Gasteiger partial charge in [-0.3, -0.25) is 0 Å². The molecule has 0 radical (unpaired) electrons. The Morgan fingerprint density at radius 3 is 2.67 bits per heavy atom. The van der Waals surface area contributed by atoms with Gasteiger partial charge in [0.15, 0.2) is 9.84 Å². The highest BCUT2D eigenvalue weighted by Crippen LogP contribution is 2.71. The average Bonchev–Trinajstić information content (AvgIpc) is 3.24. The second kappa shape index (κ2) is 3.81. The standard InChI is InChI=1S/C18H20O2S/c19-21(20,15-4-2-1-3-5-15)17-11-18-10-13(17)9-16(18)12-6-7-14(18)8-12/h1-5,9,12-14,17H,6-8,10-11H2. The molecule has 4 bridgehead atoms. The van der Waals surface area contributed by atoms with E-state index in [9.17, 15) is 8.42 Å². The van der Waals surface area contributed by atoms with E-state index in [1.165, 1.54) is 19.3 Å². The van der Waals surface area contributed by atoms with Crippen LogP contribution in [0.4, 0.5) is 0 Å². The predicted octanol–water partition coefficient (Wildman–Crippen LogP) is 3.60. The van der Waals surface area contributed by atoms with Gasteiger partial charge in [0.1, 0.15) is 0 Å². The van der Waals surface area contributed by atoms with Gasteiger partial charge >= 0.3 is 0 Å². The summed E-state index contributed by atoms with van der Waals surface area (Å²) in [6, 6.07) is 9.05. The Kier molecular flexibility index (Phi) is 2.26. The zero-order valence-corrected chi connectivity index (χ0v) is 12.9. The van der Waals surface area contributed by atoms with Crippen molar-refractivity contribution in [1.29, 1.82) is 0 Å². The van der Waals surface area contributed by atoms with Crippen molar-refractivity contribution in [1.82, 2.24) is 0 Å². The summed E-state index contributed by atoms with van der Waals surface area (Å²) >= 11 is 0. The van der Waals surface area contributed by atoms with Crippen LogP contribution in [-0.4, -0.2) is 13.7 Å². The predicted molar refractivity (Wildman–Crippen MR) is 81.5 cm³/mol. The number of fused-ring (bicyclic) bond motifs is 4. The van der Waals surface area contributed by atoms with Crippen molar-refractivity contribution < 1.29 is 8.42 Å². The lowest BCUT2D eigenvalue weighted by Crippen LogP contribution is -2.32. The Labute approximate surface area is 126 Å². The quantitative estimate of drug-likeness (QED) is 0.782. The molecule has 3 heteroatoms. The summed E-state index contributed by atoms with van der Waals surface area (Å²) in [5, 5.41) is -0.178. The Bertz CT molecular complexity index is 734. The van der Waals surface area contributed by atoms with Crippen molar-refractivity contribution in [2.24, 2.45) is 23.2 Å². The Hall–Kier alpha value is -1.09. The van der Waals surface area contributed by atoms with Crippen molar-refractivity contribution in [2.75, 3.05) is 0 Å². The first kappa shape index (κ1) is 12.5. The van der Waals surface area contributed by atoms with Gasteiger partial charge in [-0.2, -0.15) is 0 Å². The number of allylic oxidation sites excluding steroid dienone is 2. The maximum absolute atomic E-state index is 13.0. The SMILES string of the molecule is O=S(=O)(c1ccccc1)C1CC23CC1C=C2C1CCC3C1. The number of hydrogen-bond acceptors (Lipinski definition) is 2. The van der Waals surface area contributed by atoms with Gasteiger partial charge in [0.25, 0.3) is 0 Å². The largest absolute Gasteiger partial charge is 0.223 e. The molecule has 5 rings (SSSR count). The fourth-order valence-electron chi connectivity index (χ4n) is 5.95. The lowest BCUT2D eigenvalue weighted by Gasteiger charge is -2.36. The molecule has 110 valence electrons. The molecule has 4 aliphatic carbocycles. The highest BCUT2D eigenvalue weighted by atomic mass is 32.2. The fraction of sp³-hybridized carbons (Fsp3) is 0.556. The molecule has 1 spiro atoms. The normalized spacial score (nSPS) is 43.1. The molecule has 0 heterocycles. The van der Waals surface area contributed by atoms with Gasteiger partial charge in [-0.25, -0.2) is 8.42 Å². The van der Waals surface area contributed by atoms with Gasteiger partial charge in [0.2, 0.25) is 0 Å². The zero-order chi connectivity index (χ0) is 14.2. The van der Waals surface area contributed by atoms with E-state index in [1.807, 2.05) is 18.2 Å². The Morgan fingerprint density at radius 2 is 1.86 bits per heavy atom. The van der Waals surface area contributed by atoms with Crippen molar-refractivity contribution in [3.63, 3.8) is 0 Å². The van der Waals surface area contributed by atoms with Crippen molar-refractivity contribution in [2.45, 2.75) is 42.2 Å². The molecular formula is C18H20O2S. The first-order chi connectivity index (χ1) is 10.1. The van der Waals surface area contributed by atoms with Crippen molar-refractivity contribution in [3.05, 3.63) is 42.0 Å². The van der Waals surface area contributed by atoms with Crippen LogP contribution in [0.5, 0.6) is 0 Å². The van der Waals surface area contributed by atoms with Crippen LogP contribution in [0.3, 0.4) is 0 Å². The second-order valence-electron chi connectivity index (χ2n) is 7.45. The minimum atomic E-state index is -3.17. The molecule has 1 aromatic rings. The van der Waals surface area contributed by atoms with Gasteiger partial charge in [-0.1, -0.05) is 29.8 Å². The molecule has 0 saturated heterocycles. The molecule has 0 amide bonds. The summed E-state index contributed by atoms with van der Waals surface area (Å²) in [6.07, 6.45) is 8.38. The Balaban J connectivity index is 1.56. The zero-order valence-electron chi connectivity index (χ0n) is 12.0. The van der Waals surface area contributed by atoms with Gasteiger partial charge in [0, 0.05) is 0 Å². The lowest BCUT2D eigenvalue weighted by atomic mass is 9.70. The maximum Gasteiger partial charge on any atom is 0.181 e.